The fourth-order valence-corrected chi connectivity index (χ4v) is 3.39. The number of urea groups is 1. The third kappa shape index (κ3) is 3.15. The van der Waals surface area contributed by atoms with Gasteiger partial charge in [0.1, 0.15) is 5.54 Å². The van der Waals surface area contributed by atoms with Crippen LogP contribution in [0.3, 0.4) is 0 Å². The maximum atomic E-state index is 12.7. The lowest BCUT2D eigenvalue weighted by atomic mass is 9.99. The fraction of sp³-hybridized carbons (Fsp3) is 0.867. The average molecular weight is 297 g/mol. The lowest BCUT2D eigenvalue weighted by molar-refractivity contribution is -0.147. The Morgan fingerprint density at radius 3 is 2.57 bits per heavy atom. The molecule has 0 aliphatic carbocycles. The minimum absolute atomic E-state index is 0.143. The minimum Gasteiger partial charge on any atom is -0.480 e. The van der Waals surface area contributed by atoms with E-state index in [1.54, 1.807) is 13.8 Å². The normalized spacial score (nSPS) is 23.6. The largest absolute Gasteiger partial charge is 0.480 e. The molecule has 0 aromatic rings. The van der Waals surface area contributed by atoms with Crippen LogP contribution in [0.5, 0.6) is 0 Å². The number of nitrogens with zero attached hydrogens (tertiary/aromatic N) is 3. The van der Waals surface area contributed by atoms with Crippen molar-refractivity contribution in [3.8, 4) is 0 Å². The van der Waals surface area contributed by atoms with Gasteiger partial charge in [-0.2, -0.15) is 0 Å². The van der Waals surface area contributed by atoms with Crippen molar-refractivity contribution in [2.75, 3.05) is 32.7 Å². The number of likely N-dealkylation sites (N-methyl/N-ethyl adjacent to an activating group) is 1. The Kier molecular flexibility index (Phi) is 4.76. The van der Waals surface area contributed by atoms with Crippen LogP contribution < -0.4 is 0 Å². The Morgan fingerprint density at radius 1 is 1.24 bits per heavy atom. The Balaban J connectivity index is 2.06. The number of hydrogen-bond acceptors (Lipinski definition) is 3. The average Bonchev–Trinajstić information content (AvgIpc) is 2.46. The second-order valence-electron chi connectivity index (χ2n) is 6.52. The molecule has 2 rings (SSSR count). The molecule has 1 unspecified atom stereocenters. The van der Waals surface area contributed by atoms with Gasteiger partial charge in [0.2, 0.25) is 0 Å². The van der Waals surface area contributed by atoms with Crippen LogP contribution in [0, 0.1) is 0 Å². The second kappa shape index (κ2) is 6.22. The molecule has 6 nitrogen and oxygen atoms in total. The van der Waals surface area contributed by atoms with Gasteiger partial charge in [0.15, 0.2) is 0 Å². The number of fused-ring (bicyclic) bond motifs is 1. The quantitative estimate of drug-likeness (QED) is 0.856. The molecule has 0 bridgehead atoms. The number of aliphatic carboxylic acids is 1. The predicted octanol–water partition coefficient (Wildman–Crippen LogP) is 1.46. The summed E-state index contributed by atoms with van der Waals surface area (Å²) in [5.41, 5.74) is -1.17. The van der Waals surface area contributed by atoms with Gasteiger partial charge in [0.25, 0.3) is 0 Å². The molecule has 0 aromatic carbocycles. The molecule has 2 fully saturated rings. The summed E-state index contributed by atoms with van der Waals surface area (Å²) in [4.78, 5) is 29.9. The van der Waals surface area contributed by atoms with Crippen molar-refractivity contribution in [2.45, 2.75) is 51.6 Å². The molecule has 1 N–H and O–H groups in total. The first-order chi connectivity index (χ1) is 9.87. The van der Waals surface area contributed by atoms with Crippen molar-refractivity contribution in [2.24, 2.45) is 0 Å². The summed E-state index contributed by atoms with van der Waals surface area (Å²) in [5, 5.41) is 9.36. The van der Waals surface area contributed by atoms with Crippen LogP contribution in [-0.4, -0.2) is 76.1 Å². The maximum Gasteiger partial charge on any atom is 0.329 e. The standard InChI is InChI=1S/C15H27N3O3/c1-4-18(15(2,3)13(19)20)14(21)17-10-9-16-8-6-5-7-12(16)11-17/h12H,4-11H2,1-3H3,(H,19,20). The highest BCUT2D eigenvalue weighted by Crippen LogP contribution is 2.23. The van der Waals surface area contributed by atoms with E-state index in [9.17, 15) is 14.7 Å². The van der Waals surface area contributed by atoms with E-state index in [-0.39, 0.29) is 6.03 Å². The lowest BCUT2D eigenvalue weighted by Gasteiger charge is -2.46. The molecule has 0 radical (unpaired) electrons. The molecule has 2 aliphatic rings. The van der Waals surface area contributed by atoms with Gasteiger partial charge in [-0.15, -0.1) is 0 Å². The number of carboxylic acid groups (broad SMARTS) is 1. The fourth-order valence-electron chi connectivity index (χ4n) is 3.39. The zero-order valence-electron chi connectivity index (χ0n) is 13.3. The molecule has 6 heteroatoms. The molecule has 120 valence electrons. The molecule has 1 atom stereocenters. The predicted molar refractivity (Wildman–Crippen MR) is 80.3 cm³/mol. The van der Waals surface area contributed by atoms with Crippen LogP contribution >= 0.6 is 0 Å². The lowest BCUT2D eigenvalue weighted by Crippen LogP contribution is -2.62. The van der Waals surface area contributed by atoms with Crippen LogP contribution in [0.15, 0.2) is 0 Å². The van der Waals surface area contributed by atoms with Gasteiger partial charge in [0.05, 0.1) is 0 Å². The van der Waals surface area contributed by atoms with E-state index in [2.05, 4.69) is 4.90 Å². The van der Waals surface area contributed by atoms with Gasteiger partial charge in [-0.1, -0.05) is 6.42 Å². The monoisotopic (exact) mass is 297 g/mol. The summed E-state index contributed by atoms with van der Waals surface area (Å²) in [5.74, 6) is -0.964. The van der Waals surface area contributed by atoms with Gasteiger partial charge in [-0.25, -0.2) is 9.59 Å². The van der Waals surface area contributed by atoms with Gasteiger partial charge in [-0.3, -0.25) is 4.90 Å². The van der Waals surface area contributed by atoms with E-state index < -0.39 is 11.5 Å². The number of carboxylic acids is 1. The summed E-state index contributed by atoms with van der Waals surface area (Å²) in [6.45, 7) is 8.88. The zero-order chi connectivity index (χ0) is 15.6. The van der Waals surface area contributed by atoms with E-state index in [0.29, 0.717) is 19.1 Å². The Labute approximate surface area is 126 Å². The van der Waals surface area contributed by atoms with E-state index in [4.69, 9.17) is 0 Å². The molecule has 2 amide bonds. The highest BCUT2D eigenvalue weighted by Gasteiger charge is 2.40. The first-order valence-electron chi connectivity index (χ1n) is 7.92. The number of amides is 2. The molecule has 0 spiro atoms. The molecular weight excluding hydrogens is 270 g/mol. The highest BCUT2D eigenvalue weighted by molar-refractivity contribution is 5.85. The summed E-state index contributed by atoms with van der Waals surface area (Å²) in [6, 6.07) is 0.304. The zero-order valence-corrected chi connectivity index (χ0v) is 13.3. The van der Waals surface area contributed by atoms with Crippen LogP contribution in [0.4, 0.5) is 4.79 Å². The number of piperidine rings is 1. The second-order valence-corrected chi connectivity index (χ2v) is 6.52. The number of piperazine rings is 1. The van der Waals surface area contributed by atoms with E-state index in [1.165, 1.54) is 17.7 Å². The Hall–Kier alpha value is -1.30. The number of carbonyl (C=O) groups excluding carboxylic acids is 1. The van der Waals surface area contributed by atoms with E-state index >= 15 is 0 Å². The van der Waals surface area contributed by atoms with Gasteiger partial charge in [-0.05, 0) is 40.2 Å². The molecule has 0 aromatic heterocycles. The summed E-state index contributed by atoms with van der Waals surface area (Å²) in [7, 11) is 0. The molecule has 2 aliphatic heterocycles. The van der Waals surface area contributed by atoms with Crippen LogP contribution in [0.25, 0.3) is 0 Å². The van der Waals surface area contributed by atoms with Gasteiger partial charge < -0.3 is 14.9 Å². The highest BCUT2D eigenvalue weighted by atomic mass is 16.4. The van der Waals surface area contributed by atoms with Crippen molar-refractivity contribution in [1.82, 2.24) is 14.7 Å². The SMILES string of the molecule is CCN(C(=O)N1CCN2CCCCC2C1)C(C)(C)C(=O)O. The summed E-state index contributed by atoms with van der Waals surface area (Å²) >= 11 is 0. The Bertz CT molecular complexity index is 411. The molecule has 0 saturated carbocycles. The third-order valence-electron chi connectivity index (χ3n) is 4.85. The number of hydrogen-bond donors (Lipinski definition) is 1. The first-order valence-corrected chi connectivity index (χ1v) is 7.92. The van der Waals surface area contributed by atoms with Crippen LogP contribution in [-0.2, 0) is 4.79 Å². The first kappa shape index (κ1) is 16.1. The van der Waals surface area contributed by atoms with E-state index in [1.807, 2.05) is 11.8 Å². The smallest absolute Gasteiger partial charge is 0.329 e. The van der Waals surface area contributed by atoms with Crippen LogP contribution in [0.1, 0.15) is 40.0 Å². The van der Waals surface area contributed by atoms with Crippen molar-refractivity contribution >= 4 is 12.0 Å². The topological polar surface area (TPSA) is 64.1 Å². The van der Waals surface area contributed by atoms with Crippen LogP contribution in [0.2, 0.25) is 0 Å². The van der Waals surface area contributed by atoms with E-state index in [0.717, 1.165) is 26.1 Å². The van der Waals surface area contributed by atoms with Crippen molar-refractivity contribution in [3.63, 3.8) is 0 Å². The minimum atomic E-state index is -1.17. The van der Waals surface area contributed by atoms with Gasteiger partial charge in [0, 0.05) is 32.2 Å². The maximum absolute atomic E-state index is 12.7. The molecule has 2 heterocycles. The molecule has 2 saturated heterocycles. The molecule has 21 heavy (non-hydrogen) atoms. The summed E-state index contributed by atoms with van der Waals surface area (Å²) in [6.07, 6.45) is 3.61. The van der Waals surface area contributed by atoms with Crippen molar-refractivity contribution < 1.29 is 14.7 Å². The van der Waals surface area contributed by atoms with Crippen molar-refractivity contribution in [3.05, 3.63) is 0 Å². The third-order valence-corrected chi connectivity index (χ3v) is 4.85. The van der Waals surface area contributed by atoms with Gasteiger partial charge >= 0.3 is 12.0 Å². The van der Waals surface area contributed by atoms with Crippen molar-refractivity contribution in [1.29, 1.82) is 0 Å². The molecular formula is C15H27N3O3. The summed E-state index contributed by atoms with van der Waals surface area (Å²) < 4.78 is 0. The number of carbonyl (C=O) groups is 2. The number of rotatable bonds is 3. The Morgan fingerprint density at radius 2 is 1.95 bits per heavy atom.